The maximum Gasteiger partial charge on any atom is 3.00 e. The first-order valence-electron chi connectivity index (χ1n) is 0.378. The van der Waals surface area contributed by atoms with Crippen LogP contribution in [-0.2, 0) is 43.2 Å². The van der Waals surface area contributed by atoms with Crippen LogP contribution >= 0.6 is 18.6 Å². The Labute approximate surface area is 97.9 Å². The van der Waals surface area contributed by atoms with Gasteiger partial charge >= 0.3 is 61.8 Å². The molecule has 4 heteroatoms. The van der Waals surface area contributed by atoms with Crippen molar-refractivity contribution in [3.05, 3.63) is 37.1 Å². The van der Waals surface area contributed by atoms with Crippen molar-refractivity contribution in [2.24, 2.45) is 0 Å². The van der Waals surface area contributed by atoms with E-state index in [1.54, 1.807) is 0 Å². The predicted molar refractivity (Wildman–Crippen MR) is 43.8 cm³/mol. The molecule has 59 valence electrons. The van der Waals surface area contributed by atoms with E-state index in [9.17, 15) is 0 Å². The Hall–Kier alpha value is 2.18. The summed E-state index contributed by atoms with van der Waals surface area (Å²) >= 11 is -0.556. The molecule has 0 rings (SSSR count). The fourth-order valence-corrected chi connectivity index (χ4v) is 0. The predicted octanol–water partition coefficient (Wildman–Crippen LogP) is 3.63. The SMILES string of the molecule is [CH3-].[CH3-].[CH3-].[CH3-].[CH3-].[Cl][Ti][Cl].[Zr+3]. The molecule has 0 unspecified atom stereocenters. The standard InChI is InChI=1S/5CH3.2ClH.Ti.Zr/h5*1H3;2*1H;;/q5*-1;;;+2;+3/p-2. The van der Waals surface area contributed by atoms with Crippen LogP contribution in [0.1, 0.15) is 0 Å². The minimum atomic E-state index is -0.556. The van der Waals surface area contributed by atoms with Gasteiger partial charge in [-0.25, -0.2) is 0 Å². The Morgan fingerprint density at radius 3 is 0.667 bits per heavy atom. The normalized spacial score (nSPS) is 1.56. The monoisotopic (exact) mass is 283 g/mol. The fraction of sp³-hybridized carbons (Fsp3) is 0. The summed E-state index contributed by atoms with van der Waals surface area (Å²) in [4.78, 5) is 0. The van der Waals surface area contributed by atoms with Crippen LogP contribution in [0.3, 0.4) is 0 Å². The minimum Gasteiger partial charge on any atom is 3.00 e. The van der Waals surface area contributed by atoms with Gasteiger partial charge in [-0.1, -0.05) is 0 Å². The van der Waals surface area contributed by atoms with Crippen molar-refractivity contribution >= 4 is 18.6 Å². The Kier molecular flexibility index (Phi) is 626. The van der Waals surface area contributed by atoms with Crippen LogP contribution in [0, 0.1) is 37.1 Å². The van der Waals surface area contributed by atoms with Gasteiger partial charge in [-0.15, -0.1) is 0 Å². The molecule has 0 aromatic heterocycles. The van der Waals surface area contributed by atoms with Crippen molar-refractivity contribution in [3.8, 4) is 0 Å². The van der Waals surface area contributed by atoms with Gasteiger partial charge in [-0.2, -0.15) is 0 Å². The van der Waals surface area contributed by atoms with Gasteiger partial charge in [0, 0.05) is 0 Å². The summed E-state index contributed by atoms with van der Waals surface area (Å²) in [6.45, 7) is 0. The molecule has 1 radical (unpaired) electrons. The molecule has 0 fully saturated rings. The van der Waals surface area contributed by atoms with Crippen molar-refractivity contribution in [1.82, 2.24) is 0 Å². The molecule has 0 saturated carbocycles. The van der Waals surface area contributed by atoms with Crippen LogP contribution in [0.25, 0.3) is 0 Å². The molecule has 0 N–H and O–H groups in total. The van der Waals surface area contributed by atoms with E-state index < -0.39 is 17.0 Å². The molecule has 0 nitrogen and oxygen atoms in total. The average molecular weight is 285 g/mol. The molecule has 0 bridgehead atoms. The molecule has 0 spiro atoms. The van der Waals surface area contributed by atoms with Crippen molar-refractivity contribution < 1.29 is 43.2 Å². The summed E-state index contributed by atoms with van der Waals surface area (Å²) < 4.78 is 0. The van der Waals surface area contributed by atoms with Crippen molar-refractivity contribution in [1.29, 1.82) is 0 Å². The maximum absolute atomic E-state index is 4.89. The third-order valence-corrected chi connectivity index (χ3v) is 0. The number of halogens is 2. The molecule has 0 aliphatic rings. The van der Waals surface area contributed by atoms with Crippen molar-refractivity contribution in [3.63, 3.8) is 0 Å². The smallest absolute Gasteiger partial charge is 3.00 e. The second-order valence-electron chi connectivity index (χ2n) is 0.0714. The molecule has 0 aliphatic heterocycles. The second-order valence-corrected chi connectivity index (χ2v) is 2.65. The maximum atomic E-state index is 4.89. The van der Waals surface area contributed by atoms with Gasteiger partial charge in [0.2, 0.25) is 0 Å². The zero-order chi connectivity index (χ0) is 2.71. The van der Waals surface area contributed by atoms with Gasteiger partial charge in [-0.05, 0) is 0 Å². The zero-order valence-corrected chi connectivity index (χ0v) is 12.3. The first-order chi connectivity index (χ1) is 1.41. The number of hydrogen-bond acceptors (Lipinski definition) is 0. The first-order valence-corrected chi connectivity index (χ1v) is 4.68. The molecule has 0 aromatic carbocycles. The van der Waals surface area contributed by atoms with Crippen LogP contribution in [0.5, 0.6) is 0 Å². The summed E-state index contributed by atoms with van der Waals surface area (Å²) in [5, 5.41) is 0. The molecule has 0 saturated heterocycles. The molecule has 0 aromatic rings. The second kappa shape index (κ2) is 84.9. The Balaban J connectivity index is -0.00000000133. The van der Waals surface area contributed by atoms with E-state index in [-0.39, 0.29) is 63.3 Å². The quantitative estimate of drug-likeness (QED) is 0.471. The van der Waals surface area contributed by atoms with Crippen molar-refractivity contribution in [2.75, 3.05) is 0 Å². The molecule has 0 atom stereocenters. The van der Waals surface area contributed by atoms with Crippen LogP contribution in [0.2, 0.25) is 0 Å². The molecule has 9 heavy (non-hydrogen) atoms. The molecule has 0 aliphatic carbocycles. The van der Waals surface area contributed by atoms with E-state index in [1.165, 1.54) is 0 Å². The summed E-state index contributed by atoms with van der Waals surface area (Å²) in [6.07, 6.45) is 0. The summed E-state index contributed by atoms with van der Waals surface area (Å²) in [5.41, 5.74) is 0. The third-order valence-electron chi connectivity index (χ3n) is 0. The minimum absolute atomic E-state index is 0. The van der Waals surface area contributed by atoms with E-state index in [2.05, 4.69) is 0 Å². The van der Waals surface area contributed by atoms with Gasteiger partial charge < -0.3 is 37.1 Å². The number of hydrogen-bond donors (Lipinski definition) is 0. The Morgan fingerprint density at radius 2 is 0.667 bits per heavy atom. The first kappa shape index (κ1) is 66.3. The van der Waals surface area contributed by atoms with Crippen LogP contribution < -0.4 is 0 Å². The molecular formula is C5H15Cl2TiZr-2. The summed E-state index contributed by atoms with van der Waals surface area (Å²) in [5.74, 6) is 0. The van der Waals surface area contributed by atoms with Crippen LogP contribution in [-0.4, -0.2) is 0 Å². The molecule has 0 amide bonds. The van der Waals surface area contributed by atoms with Crippen molar-refractivity contribution in [2.45, 2.75) is 0 Å². The van der Waals surface area contributed by atoms with E-state index in [0.717, 1.165) is 0 Å². The van der Waals surface area contributed by atoms with Gasteiger partial charge in [0.25, 0.3) is 0 Å². The zero-order valence-electron chi connectivity index (χ0n) is 6.76. The average Bonchev–Trinajstić information content (AvgIpc) is 0.918. The topological polar surface area (TPSA) is 0 Å². The van der Waals surface area contributed by atoms with E-state index in [1.807, 2.05) is 0 Å². The number of rotatable bonds is 0. The summed E-state index contributed by atoms with van der Waals surface area (Å²) in [6, 6.07) is 0. The van der Waals surface area contributed by atoms with Gasteiger partial charge in [0.15, 0.2) is 0 Å². The van der Waals surface area contributed by atoms with Crippen LogP contribution in [0.15, 0.2) is 0 Å². The third kappa shape index (κ3) is 144. The van der Waals surface area contributed by atoms with Crippen LogP contribution in [0.4, 0.5) is 0 Å². The Bertz CT molecular complexity index is 14.9. The summed E-state index contributed by atoms with van der Waals surface area (Å²) in [7, 11) is 9.78. The van der Waals surface area contributed by atoms with E-state index in [0.29, 0.717) is 0 Å². The largest absolute Gasteiger partial charge is 3.00 e. The molecule has 0 heterocycles. The molecular weight excluding hydrogens is 270 g/mol. The van der Waals surface area contributed by atoms with Gasteiger partial charge in [-0.3, -0.25) is 0 Å². The fourth-order valence-electron chi connectivity index (χ4n) is 0. The van der Waals surface area contributed by atoms with Gasteiger partial charge in [0.1, 0.15) is 0 Å². The van der Waals surface area contributed by atoms with E-state index in [4.69, 9.17) is 18.6 Å². The van der Waals surface area contributed by atoms with E-state index >= 15 is 0 Å². The Morgan fingerprint density at radius 1 is 0.667 bits per heavy atom. The van der Waals surface area contributed by atoms with Gasteiger partial charge in [0.05, 0.1) is 0 Å².